The van der Waals surface area contributed by atoms with Gasteiger partial charge in [-0.1, -0.05) is 166 Å². The quantitative estimate of drug-likeness (QED) is 0.0269. The van der Waals surface area contributed by atoms with Gasteiger partial charge in [0.15, 0.2) is 6.10 Å². The van der Waals surface area contributed by atoms with Gasteiger partial charge in [-0.2, -0.15) is 0 Å². The van der Waals surface area contributed by atoms with Crippen LogP contribution in [0.4, 0.5) is 0 Å². The van der Waals surface area contributed by atoms with Crippen molar-refractivity contribution in [3.8, 4) is 0 Å². The monoisotopic (exact) mass is 745 g/mol. The molecule has 0 aliphatic heterocycles. The minimum absolute atomic E-state index is 0.0805. The largest absolute Gasteiger partial charge is 0.462 e. The van der Waals surface area contributed by atoms with Crippen molar-refractivity contribution in [1.82, 2.24) is 0 Å². The van der Waals surface area contributed by atoms with Crippen LogP contribution in [-0.2, 0) is 28.6 Å². The van der Waals surface area contributed by atoms with E-state index >= 15 is 0 Å². The third-order valence-corrected chi connectivity index (χ3v) is 9.62. The van der Waals surface area contributed by atoms with Crippen LogP contribution in [-0.4, -0.2) is 37.2 Å². The molecule has 0 saturated carbocycles. The van der Waals surface area contributed by atoms with Crippen LogP contribution in [0.2, 0.25) is 0 Å². The zero-order valence-corrected chi connectivity index (χ0v) is 35.0. The second kappa shape index (κ2) is 42.4. The topological polar surface area (TPSA) is 78.9 Å². The Morgan fingerprint density at radius 3 is 1.08 bits per heavy atom. The van der Waals surface area contributed by atoms with E-state index in [1.165, 1.54) is 89.9 Å². The second-order valence-corrected chi connectivity index (χ2v) is 15.0. The van der Waals surface area contributed by atoms with Gasteiger partial charge in [-0.25, -0.2) is 0 Å². The minimum atomic E-state index is -0.775. The van der Waals surface area contributed by atoms with Crippen LogP contribution >= 0.6 is 0 Å². The molecule has 0 bridgehead atoms. The van der Waals surface area contributed by atoms with Crippen LogP contribution in [0.3, 0.4) is 0 Å². The van der Waals surface area contributed by atoms with E-state index < -0.39 is 6.10 Å². The summed E-state index contributed by atoms with van der Waals surface area (Å²) in [6.45, 7) is 6.50. The molecule has 0 rings (SSSR count). The molecule has 0 aliphatic carbocycles. The van der Waals surface area contributed by atoms with Crippen molar-refractivity contribution in [1.29, 1.82) is 0 Å². The summed E-state index contributed by atoms with van der Waals surface area (Å²) in [4.78, 5) is 37.4. The zero-order valence-electron chi connectivity index (χ0n) is 35.0. The fraction of sp³-hybridized carbons (Fsp3) is 0.809. The van der Waals surface area contributed by atoms with Crippen molar-refractivity contribution in [2.45, 2.75) is 232 Å². The molecule has 0 spiro atoms. The van der Waals surface area contributed by atoms with Gasteiger partial charge in [0.25, 0.3) is 0 Å². The van der Waals surface area contributed by atoms with E-state index in [2.05, 4.69) is 57.2 Å². The molecule has 0 heterocycles. The third-order valence-electron chi connectivity index (χ3n) is 9.62. The molecular formula is C47H84O6. The van der Waals surface area contributed by atoms with Gasteiger partial charge in [-0.05, 0) is 77.0 Å². The predicted molar refractivity (Wildman–Crippen MR) is 224 cm³/mol. The number of unbranched alkanes of at least 4 members (excludes halogenated alkanes) is 23. The fourth-order valence-corrected chi connectivity index (χ4v) is 6.17. The first-order chi connectivity index (χ1) is 26.0. The Bertz CT molecular complexity index is 907. The molecule has 53 heavy (non-hydrogen) atoms. The van der Waals surface area contributed by atoms with Crippen LogP contribution in [0.15, 0.2) is 36.5 Å². The van der Waals surface area contributed by atoms with Crippen molar-refractivity contribution in [3.63, 3.8) is 0 Å². The first-order valence-corrected chi connectivity index (χ1v) is 22.5. The zero-order chi connectivity index (χ0) is 38.7. The van der Waals surface area contributed by atoms with Gasteiger partial charge >= 0.3 is 17.9 Å². The van der Waals surface area contributed by atoms with Crippen molar-refractivity contribution >= 4 is 17.9 Å². The third kappa shape index (κ3) is 40.6. The Morgan fingerprint density at radius 1 is 0.377 bits per heavy atom. The highest BCUT2D eigenvalue weighted by atomic mass is 16.6. The Hall–Kier alpha value is -2.37. The Morgan fingerprint density at radius 2 is 0.679 bits per heavy atom. The maximum absolute atomic E-state index is 12.7. The van der Waals surface area contributed by atoms with Crippen molar-refractivity contribution in [2.24, 2.45) is 0 Å². The van der Waals surface area contributed by atoms with Gasteiger partial charge in [0.05, 0.1) is 0 Å². The second-order valence-electron chi connectivity index (χ2n) is 15.0. The molecule has 0 aromatic carbocycles. The van der Waals surface area contributed by atoms with E-state index in [-0.39, 0.29) is 31.1 Å². The number of rotatable bonds is 40. The summed E-state index contributed by atoms with van der Waals surface area (Å²) in [6, 6.07) is 0. The summed E-state index contributed by atoms with van der Waals surface area (Å²) in [6.07, 6.45) is 47.2. The predicted octanol–water partition coefficient (Wildman–Crippen LogP) is 14.2. The summed E-state index contributed by atoms with van der Waals surface area (Å²) in [7, 11) is 0. The summed E-state index contributed by atoms with van der Waals surface area (Å²) in [5.74, 6) is -0.916. The molecule has 0 radical (unpaired) electrons. The Labute approximate surface area is 327 Å². The highest BCUT2D eigenvalue weighted by molar-refractivity contribution is 5.71. The number of esters is 3. The lowest BCUT2D eigenvalue weighted by Crippen LogP contribution is -2.30. The maximum atomic E-state index is 12.7. The first-order valence-electron chi connectivity index (χ1n) is 22.5. The molecule has 0 N–H and O–H groups in total. The molecule has 0 fully saturated rings. The van der Waals surface area contributed by atoms with E-state index in [9.17, 15) is 14.4 Å². The molecule has 6 heteroatoms. The van der Waals surface area contributed by atoms with Crippen LogP contribution in [0, 0.1) is 0 Å². The molecule has 0 aromatic heterocycles. The highest BCUT2D eigenvalue weighted by Crippen LogP contribution is 2.13. The molecule has 0 amide bonds. The number of carbonyl (C=O) groups excluding carboxylic acids is 3. The first kappa shape index (κ1) is 50.6. The summed E-state index contributed by atoms with van der Waals surface area (Å²) in [5.41, 5.74) is 0. The van der Waals surface area contributed by atoms with Crippen LogP contribution < -0.4 is 0 Å². The maximum Gasteiger partial charge on any atom is 0.306 e. The van der Waals surface area contributed by atoms with E-state index in [0.29, 0.717) is 19.3 Å². The molecule has 1 unspecified atom stereocenters. The number of hydrogen-bond acceptors (Lipinski definition) is 6. The molecule has 6 nitrogen and oxygen atoms in total. The van der Waals surface area contributed by atoms with E-state index in [0.717, 1.165) is 96.3 Å². The number of carbonyl (C=O) groups is 3. The number of allylic oxidation sites excluding steroid dienone is 6. The van der Waals surface area contributed by atoms with Crippen molar-refractivity contribution in [2.75, 3.05) is 13.2 Å². The summed E-state index contributed by atoms with van der Waals surface area (Å²) in [5, 5.41) is 0. The molecule has 0 aliphatic rings. The van der Waals surface area contributed by atoms with E-state index in [1.807, 2.05) is 0 Å². The van der Waals surface area contributed by atoms with Gasteiger partial charge in [-0.3, -0.25) is 14.4 Å². The van der Waals surface area contributed by atoms with E-state index in [4.69, 9.17) is 14.2 Å². The van der Waals surface area contributed by atoms with E-state index in [1.54, 1.807) is 0 Å². The van der Waals surface area contributed by atoms with Crippen LogP contribution in [0.25, 0.3) is 0 Å². The van der Waals surface area contributed by atoms with Crippen LogP contribution in [0.1, 0.15) is 226 Å². The minimum Gasteiger partial charge on any atom is -0.462 e. The van der Waals surface area contributed by atoms with Gasteiger partial charge in [-0.15, -0.1) is 0 Å². The smallest absolute Gasteiger partial charge is 0.306 e. The lowest BCUT2D eigenvalue weighted by Gasteiger charge is -2.18. The SMILES string of the molecule is CCCCCC/C=C\C/C=C\CCCCCCCC(=O)OCC(COC(=O)CCCCCCC)OC(=O)CCCCCCC/C=C\CCCCCCC. The van der Waals surface area contributed by atoms with Gasteiger partial charge < -0.3 is 14.2 Å². The average Bonchev–Trinajstić information content (AvgIpc) is 3.15. The standard InChI is InChI=1S/C47H84O6/c1-4-7-10-13-15-17-19-21-23-24-26-27-29-31-34-37-40-46(49)52-43-44(42-51-45(48)39-36-33-12-9-6-3)53-47(50)41-38-35-32-30-28-25-22-20-18-16-14-11-8-5-2/h17,19-20,22-24,44H,4-16,18,21,25-43H2,1-3H3/b19-17-,22-20-,24-23-. The van der Waals surface area contributed by atoms with Gasteiger partial charge in [0, 0.05) is 19.3 Å². The average molecular weight is 745 g/mol. The Kier molecular flexibility index (Phi) is 40.5. The molecule has 1 atom stereocenters. The summed E-state index contributed by atoms with van der Waals surface area (Å²) >= 11 is 0. The molecular weight excluding hydrogens is 661 g/mol. The number of ether oxygens (including phenoxy) is 3. The Balaban J connectivity index is 4.26. The van der Waals surface area contributed by atoms with Crippen LogP contribution in [0.5, 0.6) is 0 Å². The normalized spacial score (nSPS) is 12.3. The fourth-order valence-electron chi connectivity index (χ4n) is 6.17. The lowest BCUT2D eigenvalue weighted by molar-refractivity contribution is -0.167. The van der Waals surface area contributed by atoms with Crippen molar-refractivity contribution in [3.05, 3.63) is 36.5 Å². The highest BCUT2D eigenvalue weighted by Gasteiger charge is 2.19. The summed E-state index contributed by atoms with van der Waals surface area (Å²) < 4.78 is 16.6. The molecule has 0 aromatic rings. The lowest BCUT2D eigenvalue weighted by atomic mass is 10.1. The number of hydrogen-bond donors (Lipinski definition) is 0. The van der Waals surface area contributed by atoms with Crippen molar-refractivity contribution < 1.29 is 28.6 Å². The van der Waals surface area contributed by atoms with Gasteiger partial charge in [0.2, 0.25) is 0 Å². The molecule has 308 valence electrons. The van der Waals surface area contributed by atoms with Gasteiger partial charge in [0.1, 0.15) is 13.2 Å². The molecule has 0 saturated heterocycles.